The minimum Gasteiger partial charge on any atom is -0.480 e. The van der Waals surface area contributed by atoms with E-state index < -0.39 is 41.8 Å². The van der Waals surface area contributed by atoms with Gasteiger partial charge in [-0.25, -0.2) is 4.79 Å². The van der Waals surface area contributed by atoms with Crippen LogP contribution in [0.3, 0.4) is 0 Å². The van der Waals surface area contributed by atoms with E-state index in [0.29, 0.717) is 12.8 Å². The van der Waals surface area contributed by atoms with E-state index in [2.05, 4.69) is 10.6 Å². The summed E-state index contributed by atoms with van der Waals surface area (Å²) in [6.07, 6.45) is 0.749. The fourth-order valence-electron chi connectivity index (χ4n) is 2.30. The van der Waals surface area contributed by atoms with Crippen molar-refractivity contribution in [2.45, 2.75) is 71.5 Å². The Hall–Kier alpha value is -2.16. The molecule has 0 radical (unpaired) electrons. The number of nitrogens with one attached hydrogen (secondary N) is 2. The van der Waals surface area contributed by atoms with Crippen LogP contribution in [0.5, 0.6) is 0 Å². The van der Waals surface area contributed by atoms with Gasteiger partial charge in [0.05, 0.1) is 6.04 Å². The van der Waals surface area contributed by atoms with Crippen LogP contribution in [0.25, 0.3) is 0 Å². The normalized spacial score (nSPS) is 15.6. The van der Waals surface area contributed by atoms with Gasteiger partial charge in [-0.2, -0.15) is 0 Å². The summed E-state index contributed by atoms with van der Waals surface area (Å²) < 4.78 is 0. The van der Waals surface area contributed by atoms with Gasteiger partial charge in [0.25, 0.3) is 0 Å². The number of carbonyl (C=O) groups is 4. The summed E-state index contributed by atoms with van der Waals surface area (Å²) in [5.74, 6) is -2.98. The molecule has 0 rings (SSSR count). The number of carboxylic acids is 1. The first-order valence-corrected chi connectivity index (χ1v) is 8.86. The smallest absolute Gasteiger partial charge is 0.326 e. The molecule has 0 aliphatic heterocycles. The first kappa shape index (κ1) is 23.8. The molecule has 4 atom stereocenters. The van der Waals surface area contributed by atoms with Crippen molar-refractivity contribution in [3.8, 4) is 0 Å². The lowest BCUT2D eigenvalue weighted by atomic mass is 9.97. The zero-order valence-corrected chi connectivity index (χ0v) is 16.0. The van der Waals surface area contributed by atoms with Crippen molar-refractivity contribution in [3.63, 3.8) is 0 Å². The van der Waals surface area contributed by atoms with E-state index in [9.17, 15) is 24.3 Å². The molecule has 0 aromatic heterocycles. The summed E-state index contributed by atoms with van der Waals surface area (Å²) in [5, 5.41) is 14.2. The van der Waals surface area contributed by atoms with Gasteiger partial charge in [0.1, 0.15) is 12.1 Å². The summed E-state index contributed by atoms with van der Waals surface area (Å²) in [6, 6.07) is -2.93. The maximum Gasteiger partial charge on any atom is 0.326 e. The summed E-state index contributed by atoms with van der Waals surface area (Å²) >= 11 is 0. The van der Waals surface area contributed by atoms with Crippen molar-refractivity contribution >= 4 is 23.7 Å². The molecule has 26 heavy (non-hydrogen) atoms. The molecule has 150 valence electrons. The van der Waals surface area contributed by atoms with E-state index in [1.165, 1.54) is 0 Å². The molecule has 7 N–H and O–H groups in total. The lowest BCUT2D eigenvalue weighted by molar-refractivity contribution is -0.142. The number of amides is 3. The molecule has 9 nitrogen and oxygen atoms in total. The molecule has 0 bridgehead atoms. The molecule has 0 fully saturated rings. The van der Waals surface area contributed by atoms with Crippen LogP contribution in [0.1, 0.15) is 53.4 Å². The van der Waals surface area contributed by atoms with Crippen LogP contribution < -0.4 is 22.1 Å². The van der Waals surface area contributed by atoms with E-state index in [1.807, 2.05) is 27.7 Å². The van der Waals surface area contributed by atoms with E-state index in [-0.39, 0.29) is 24.7 Å². The highest BCUT2D eigenvalue weighted by molar-refractivity contribution is 5.92. The first-order chi connectivity index (χ1) is 12.0. The van der Waals surface area contributed by atoms with Crippen LogP contribution >= 0.6 is 0 Å². The van der Waals surface area contributed by atoms with Gasteiger partial charge >= 0.3 is 5.97 Å². The maximum atomic E-state index is 12.5. The molecule has 0 saturated carbocycles. The molecule has 0 unspecified atom stereocenters. The molecule has 0 aromatic carbocycles. The largest absolute Gasteiger partial charge is 0.480 e. The van der Waals surface area contributed by atoms with E-state index in [4.69, 9.17) is 11.5 Å². The number of hydrogen-bond donors (Lipinski definition) is 5. The molecule has 0 aliphatic rings. The maximum absolute atomic E-state index is 12.5. The summed E-state index contributed by atoms with van der Waals surface area (Å²) in [4.78, 5) is 46.9. The number of aliphatic carboxylic acids is 1. The Kier molecular flexibility index (Phi) is 10.5. The number of nitrogens with two attached hydrogens (primary N) is 2. The average Bonchev–Trinajstić information content (AvgIpc) is 2.55. The van der Waals surface area contributed by atoms with Crippen LogP contribution in [0.15, 0.2) is 0 Å². The van der Waals surface area contributed by atoms with E-state index >= 15 is 0 Å². The van der Waals surface area contributed by atoms with Crippen LogP contribution in [0.4, 0.5) is 0 Å². The van der Waals surface area contributed by atoms with Crippen LogP contribution in [0.2, 0.25) is 0 Å². The first-order valence-electron chi connectivity index (χ1n) is 8.86. The Morgan fingerprint density at radius 1 is 1.00 bits per heavy atom. The molecule has 0 saturated heterocycles. The van der Waals surface area contributed by atoms with Crippen molar-refractivity contribution in [3.05, 3.63) is 0 Å². The van der Waals surface area contributed by atoms with E-state index in [0.717, 1.165) is 0 Å². The Bertz CT molecular complexity index is 509. The quantitative estimate of drug-likeness (QED) is 0.316. The Labute approximate surface area is 154 Å². The number of carbonyl (C=O) groups excluding carboxylic acids is 3. The molecule has 0 aromatic rings. The molecule has 0 heterocycles. The summed E-state index contributed by atoms with van der Waals surface area (Å²) in [5.41, 5.74) is 10.9. The highest BCUT2D eigenvalue weighted by Gasteiger charge is 2.29. The predicted molar refractivity (Wildman–Crippen MR) is 96.8 cm³/mol. The minimum absolute atomic E-state index is 0.0555. The molecular weight excluding hydrogens is 340 g/mol. The van der Waals surface area contributed by atoms with Gasteiger partial charge in [-0.3, -0.25) is 14.4 Å². The topological polar surface area (TPSA) is 165 Å². The van der Waals surface area contributed by atoms with Crippen LogP contribution in [-0.2, 0) is 19.2 Å². The van der Waals surface area contributed by atoms with Crippen molar-refractivity contribution < 1.29 is 24.3 Å². The van der Waals surface area contributed by atoms with Crippen molar-refractivity contribution in [2.24, 2.45) is 23.3 Å². The van der Waals surface area contributed by atoms with Gasteiger partial charge in [-0.15, -0.1) is 0 Å². The Morgan fingerprint density at radius 3 is 1.96 bits per heavy atom. The number of carboxylic acid groups (broad SMARTS) is 1. The van der Waals surface area contributed by atoms with Gasteiger partial charge in [-0.1, -0.05) is 34.1 Å². The SMILES string of the molecule is CC[C@H](C)[C@H](N)C(=O)N[C@@H](CC(C)C)C(=O)N[C@@H](CCC(N)=O)C(=O)O. The Morgan fingerprint density at radius 2 is 1.54 bits per heavy atom. The van der Waals surface area contributed by atoms with Gasteiger partial charge in [-0.05, 0) is 24.7 Å². The molecule has 9 heteroatoms. The van der Waals surface area contributed by atoms with Crippen LogP contribution in [-0.4, -0.2) is 46.9 Å². The Balaban J connectivity index is 5.08. The zero-order valence-electron chi connectivity index (χ0n) is 16.0. The lowest BCUT2D eigenvalue weighted by Crippen LogP contribution is -2.55. The third-order valence-corrected chi connectivity index (χ3v) is 4.19. The zero-order chi connectivity index (χ0) is 20.4. The highest BCUT2D eigenvalue weighted by atomic mass is 16.4. The monoisotopic (exact) mass is 372 g/mol. The van der Waals surface area contributed by atoms with Gasteiger partial charge in [0.15, 0.2) is 0 Å². The molecule has 0 spiro atoms. The standard InChI is InChI=1S/C17H32N4O5/c1-5-10(4)14(19)16(24)21-12(8-9(2)3)15(23)20-11(17(25)26)6-7-13(18)22/h9-12,14H,5-8,19H2,1-4H3,(H2,18,22)(H,20,23)(H,21,24)(H,25,26)/t10-,11-,12-,14-/m0/s1. The fraction of sp³-hybridized carbons (Fsp3) is 0.765. The van der Waals surface area contributed by atoms with E-state index in [1.54, 1.807) is 0 Å². The third-order valence-electron chi connectivity index (χ3n) is 4.19. The van der Waals surface area contributed by atoms with Crippen molar-refractivity contribution in [1.29, 1.82) is 0 Å². The highest BCUT2D eigenvalue weighted by Crippen LogP contribution is 2.09. The third kappa shape index (κ3) is 8.80. The van der Waals surface area contributed by atoms with Crippen molar-refractivity contribution in [1.82, 2.24) is 10.6 Å². The van der Waals surface area contributed by atoms with Crippen molar-refractivity contribution in [2.75, 3.05) is 0 Å². The van der Waals surface area contributed by atoms with Gasteiger partial charge < -0.3 is 27.2 Å². The van der Waals surface area contributed by atoms with Gasteiger partial charge in [0, 0.05) is 6.42 Å². The minimum atomic E-state index is -1.27. The molecule has 0 aliphatic carbocycles. The number of primary amides is 1. The molecular formula is C17H32N4O5. The molecule has 3 amide bonds. The summed E-state index contributed by atoms with van der Waals surface area (Å²) in [7, 11) is 0. The second-order valence-electron chi connectivity index (χ2n) is 7.01. The number of hydrogen-bond acceptors (Lipinski definition) is 5. The average molecular weight is 372 g/mol. The fourth-order valence-corrected chi connectivity index (χ4v) is 2.30. The number of rotatable bonds is 12. The van der Waals surface area contributed by atoms with Crippen LogP contribution in [0, 0.1) is 11.8 Å². The van der Waals surface area contributed by atoms with Gasteiger partial charge in [0.2, 0.25) is 17.7 Å². The second kappa shape index (κ2) is 11.5. The summed E-state index contributed by atoms with van der Waals surface area (Å²) in [6.45, 7) is 7.50. The predicted octanol–water partition coefficient (Wildman–Crippen LogP) is -0.274. The second-order valence-corrected chi connectivity index (χ2v) is 7.01. The lowest BCUT2D eigenvalue weighted by Gasteiger charge is -2.25.